The number of rotatable bonds is 17. The summed E-state index contributed by atoms with van der Waals surface area (Å²) in [6.45, 7) is 5.26. The van der Waals surface area contributed by atoms with E-state index in [2.05, 4.69) is 18.9 Å². The van der Waals surface area contributed by atoms with Crippen LogP contribution in [0, 0.1) is 0 Å². The van der Waals surface area contributed by atoms with E-state index >= 15 is 0 Å². The Labute approximate surface area is 180 Å². The van der Waals surface area contributed by atoms with Crippen LogP contribution in [0.2, 0.25) is 0 Å². The molecule has 0 amide bonds. The van der Waals surface area contributed by atoms with Crippen LogP contribution in [0.1, 0.15) is 84.0 Å². The molecule has 0 atom stereocenters. The summed E-state index contributed by atoms with van der Waals surface area (Å²) in [5.74, 6) is 0.973. The molecule has 0 radical (unpaired) electrons. The lowest BCUT2D eigenvalue weighted by Crippen LogP contribution is -2.25. The number of unbranched alkanes of at least 4 members (excludes halogenated alkanes) is 11. The summed E-state index contributed by atoms with van der Waals surface area (Å²) in [4.78, 5) is 2.39. The second-order valence-electron chi connectivity index (χ2n) is 7.35. The third-order valence-corrected chi connectivity index (χ3v) is 4.88. The zero-order valence-electron chi connectivity index (χ0n) is 17.3. The number of ether oxygens (including phenoxy) is 1. The van der Waals surface area contributed by atoms with Gasteiger partial charge in [-0.1, -0.05) is 95.8 Å². The molecular weight excluding hydrogens is 433 g/mol. The average molecular weight is 475 g/mol. The predicted octanol–water partition coefficient (Wildman–Crippen LogP) is 7.32. The highest BCUT2D eigenvalue weighted by Gasteiger charge is 1.99. The molecule has 0 saturated heterocycles. The minimum absolute atomic E-state index is 0. The molecule has 0 aliphatic heterocycles. The van der Waals surface area contributed by atoms with Gasteiger partial charge in [0.1, 0.15) is 12.4 Å². The molecule has 0 fully saturated rings. The van der Waals surface area contributed by atoms with Crippen molar-refractivity contribution in [3.05, 3.63) is 30.3 Å². The van der Waals surface area contributed by atoms with Crippen LogP contribution in [-0.4, -0.2) is 31.6 Å². The van der Waals surface area contributed by atoms with E-state index in [4.69, 9.17) is 4.74 Å². The van der Waals surface area contributed by atoms with Crippen LogP contribution in [-0.2, 0) is 0 Å². The number of hydrogen-bond donors (Lipinski definition) is 0. The highest BCUT2D eigenvalue weighted by molar-refractivity contribution is 14.0. The average Bonchev–Trinajstić information content (AvgIpc) is 2.63. The Morgan fingerprint density at radius 2 is 1.19 bits per heavy atom. The lowest BCUT2D eigenvalue weighted by Gasteiger charge is -2.16. The number of benzene rings is 1. The van der Waals surface area contributed by atoms with Crippen LogP contribution in [0.15, 0.2) is 30.3 Å². The monoisotopic (exact) mass is 475 g/mol. The van der Waals surface area contributed by atoms with Crippen molar-refractivity contribution >= 4 is 24.0 Å². The van der Waals surface area contributed by atoms with E-state index in [-0.39, 0.29) is 24.0 Å². The molecular formula is C23H42INO. The molecule has 0 saturated carbocycles. The van der Waals surface area contributed by atoms with Crippen molar-refractivity contribution in [1.82, 2.24) is 4.90 Å². The van der Waals surface area contributed by atoms with Crippen molar-refractivity contribution in [1.29, 1.82) is 0 Å². The van der Waals surface area contributed by atoms with Gasteiger partial charge in [-0.05, 0) is 32.1 Å². The second-order valence-corrected chi connectivity index (χ2v) is 7.35. The Kier molecular flexibility index (Phi) is 19.3. The predicted molar refractivity (Wildman–Crippen MR) is 126 cm³/mol. The van der Waals surface area contributed by atoms with E-state index in [9.17, 15) is 0 Å². The number of para-hydroxylation sites is 1. The van der Waals surface area contributed by atoms with Crippen LogP contribution in [0.4, 0.5) is 0 Å². The number of hydrogen-bond acceptors (Lipinski definition) is 2. The quantitative estimate of drug-likeness (QED) is 0.173. The minimum atomic E-state index is 0. The lowest BCUT2D eigenvalue weighted by molar-refractivity contribution is 0.234. The van der Waals surface area contributed by atoms with Gasteiger partial charge < -0.3 is 9.64 Å². The molecule has 152 valence electrons. The summed E-state index contributed by atoms with van der Waals surface area (Å²) in [6, 6.07) is 10.1. The Hall–Kier alpha value is -0.290. The van der Waals surface area contributed by atoms with E-state index in [0.29, 0.717) is 0 Å². The van der Waals surface area contributed by atoms with Gasteiger partial charge in [0.2, 0.25) is 0 Å². The summed E-state index contributed by atoms with van der Waals surface area (Å²) >= 11 is 0. The largest absolute Gasteiger partial charge is 0.492 e. The van der Waals surface area contributed by atoms with E-state index < -0.39 is 0 Å². The van der Waals surface area contributed by atoms with Crippen molar-refractivity contribution in [3.8, 4) is 5.75 Å². The summed E-state index contributed by atoms with van der Waals surface area (Å²) in [6.07, 6.45) is 17.0. The summed E-state index contributed by atoms with van der Waals surface area (Å²) in [5.41, 5.74) is 0. The van der Waals surface area contributed by atoms with Crippen LogP contribution >= 0.6 is 24.0 Å². The van der Waals surface area contributed by atoms with Crippen molar-refractivity contribution < 1.29 is 4.74 Å². The highest BCUT2D eigenvalue weighted by Crippen LogP contribution is 2.12. The van der Waals surface area contributed by atoms with Crippen molar-refractivity contribution in [3.63, 3.8) is 0 Å². The fraction of sp³-hybridized carbons (Fsp3) is 0.739. The van der Waals surface area contributed by atoms with E-state index in [1.54, 1.807) is 0 Å². The van der Waals surface area contributed by atoms with Gasteiger partial charge in [-0.15, -0.1) is 24.0 Å². The fourth-order valence-electron chi connectivity index (χ4n) is 3.17. The van der Waals surface area contributed by atoms with Crippen LogP contribution in [0.5, 0.6) is 5.75 Å². The van der Waals surface area contributed by atoms with Crippen LogP contribution in [0.3, 0.4) is 0 Å². The normalized spacial score (nSPS) is 10.7. The summed E-state index contributed by atoms with van der Waals surface area (Å²) in [7, 11) is 2.20. The van der Waals surface area contributed by atoms with Gasteiger partial charge in [-0.25, -0.2) is 0 Å². The smallest absolute Gasteiger partial charge is 0.119 e. The van der Waals surface area contributed by atoms with E-state index in [1.807, 2.05) is 30.3 Å². The Balaban J connectivity index is 0.00000625. The molecule has 2 nitrogen and oxygen atoms in total. The molecule has 1 aromatic carbocycles. The van der Waals surface area contributed by atoms with Gasteiger partial charge in [0, 0.05) is 6.54 Å². The first kappa shape index (κ1) is 25.7. The molecule has 0 spiro atoms. The molecule has 0 bridgehead atoms. The van der Waals surface area contributed by atoms with E-state index in [0.717, 1.165) is 18.9 Å². The molecule has 0 aliphatic rings. The van der Waals surface area contributed by atoms with Gasteiger partial charge in [0.25, 0.3) is 0 Å². The minimum Gasteiger partial charge on any atom is -0.492 e. The van der Waals surface area contributed by atoms with E-state index in [1.165, 1.54) is 83.6 Å². The van der Waals surface area contributed by atoms with Crippen molar-refractivity contribution in [2.24, 2.45) is 0 Å². The standard InChI is InChI=1S/C23H41NO.HI/c1-3-4-5-6-7-8-9-10-11-12-13-17-20-24(2)21-22-25-23-18-15-14-16-19-23;/h14-16,18-19H,3-13,17,20-22H2,1-2H3;1H. The first-order valence-corrected chi connectivity index (χ1v) is 10.7. The first-order valence-electron chi connectivity index (χ1n) is 10.7. The summed E-state index contributed by atoms with van der Waals surface area (Å²) < 4.78 is 5.75. The maximum absolute atomic E-state index is 5.75. The fourth-order valence-corrected chi connectivity index (χ4v) is 3.17. The zero-order valence-corrected chi connectivity index (χ0v) is 19.6. The maximum atomic E-state index is 5.75. The first-order chi connectivity index (χ1) is 12.3. The molecule has 1 aromatic rings. The molecule has 26 heavy (non-hydrogen) atoms. The van der Waals surface area contributed by atoms with Gasteiger partial charge in [-0.2, -0.15) is 0 Å². The maximum Gasteiger partial charge on any atom is 0.119 e. The Morgan fingerprint density at radius 1 is 0.692 bits per heavy atom. The molecule has 0 heterocycles. The molecule has 3 heteroatoms. The van der Waals surface area contributed by atoms with Crippen LogP contribution < -0.4 is 4.74 Å². The molecule has 0 N–H and O–H groups in total. The Morgan fingerprint density at radius 3 is 1.73 bits per heavy atom. The van der Waals surface area contributed by atoms with Gasteiger partial charge in [-0.3, -0.25) is 0 Å². The summed E-state index contributed by atoms with van der Waals surface area (Å²) in [5, 5.41) is 0. The molecule has 0 aliphatic carbocycles. The molecule has 0 unspecified atom stereocenters. The van der Waals surface area contributed by atoms with Gasteiger partial charge >= 0.3 is 0 Å². The van der Waals surface area contributed by atoms with Crippen LogP contribution in [0.25, 0.3) is 0 Å². The Bertz CT molecular complexity index is 385. The molecule has 1 rings (SSSR count). The SMILES string of the molecule is CCCCCCCCCCCCCCN(C)CCOc1ccccc1.I. The number of halogens is 1. The third kappa shape index (κ3) is 15.9. The zero-order chi connectivity index (χ0) is 18.0. The number of likely N-dealkylation sites (N-methyl/N-ethyl adjacent to an activating group) is 1. The highest BCUT2D eigenvalue weighted by atomic mass is 127. The van der Waals surface area contributed by atoms with Gasteiger partial charge in [0.15, 0.2) is 0 Å². The third-order valence-electron chi connectivity index (χ3n) is 4.88. The topological polar surface area (TPSA) is 12.5 Å². The second kappa shape index (κ2) is 19.5. The number of nitrogens with zero attached hydrogens (tertiary/aromatic N) is 1. The van der Waals surface area contributed by atoms with Crippen molar-refractivity contribution in [2.75, 3.05) is 26.7 Å². The van der Waals surface area contributed by atoms with Crippen molar-refractivity contribution in [2.45, 2.75) is 84.0 Å². The lowest BCUT2D eigenvalue weighted by atomic mass is 10.1. The van der Waals surface area contributed by atoms with Gasteiger partial charge in [0.05, 0.1) is 0 Å². The molecule has 0 aromatic heterocycles.